The van der Waals surface area contributed by atoms with Crippen molar-refractivity contribution in [1.29, 1.82) is 0 Å². The van der Waals surface area contributed by atoms with Gasteiger partial charge >= 0.3 is 0 Å². The zero-order chi connectivity index (χ0) is 32.8. The molecule has 0 saturated heterocycles. The van der Waals surface area contributed by atoms with Crippen LogP contribution in [0, 0.1) is 0 Å². The highest BCUT2D eigenvalue weighted by Crippen LogP contribution is 2.42. The van der Waals surface area contributed by atoms with Crippen LogP contribution in [0.15, 0.2) is 150 Å². The minimum Gasteiger partial charge on any atom is -0.464 e. The summed E-state index contributed by atoms with van der Waals surface area (Å²) in [7, 11) is 0. The molecule has 0 N–H and O–H groups in total. The summed E-state index contributed by atoms with van der Waals surface area (Å²) < 4.78 is 8.63. The second-order valence-electron chi connectivity index (χ2n) is 13.2. The maximum absolute atomic E-state index is 6.24. The molecule has 0 spiro atoms. The largest absolute Gasteiger partial charge is 0.464 e. The van der Waals surface area contributed by atoms with Gasteiger partial charge in [-0.25, -0.2) is 4.98 Å². The van der Waals surface area contributed by atoms with E-state index < -0.39 is 0 Å². The van der Waals surface area contributed by atoms with Crippen LogP contribution < -0.4 is 0 Å². The fraction of sp³-hybridized carbons (Fsp3) is 0.133. The zero-order valence-corrected chi connectivity index (χ0v) is 27.8. The van der Waals surface area contributed by atoms with Crippen LogP contribution in [0.4, 0.5) is 0 Å². The van der Waals surface area contributed by atoms with Gasteiger partial charge in [0.25, 0.3) is 0 Å². The first-order valence-corrected chi connectivity index (χ1v) is 16.8. The van der Waals surface area contributed by atoms with Crippen molar-refractivity contribution in [3.8, 4) is 50.5 Å². The Kier molecular flexibility index (Phi) is 7.53. The van der Waals surface area contributed by atoms with Crippen molar-refractivity contribution < 1.29 is 4.42 Å². The number of aromatic nitrogens is 2. The van der Waals surface area contributed by atoms with Crippen molar-refractivity contribution in [2.45, 2.75) is 39.5 Å². The third kappa shape index (κ3) is 5.22. The number of fused-ring (bicyclic) bond motifs is 2. The molecule has 48 heavy (non-hydrogen) atoms. The Balaban J connectivity index is 1.33. The first kappa shape index (κ1) is 29.7. The predicted octanol–water partition coefficient (Wildman–Crippen LogP) is 12.7. The van der Waals surface area contributed by atoms with E-state index in [4.69, 9.17) is 9.40 Å². The van der Waals surface area contributed by atoms with Crippen molar-refractivity contribution in [1.82, 2.24) is 9.55 Å². The van der Waals surface area contributed by atoms with Crippen molar-refractivity contribution in [3.63, 3.8) is 0 Å². The molecule has 0 bridgehead atoms. The van der Waals surface area contributed by atoms with E-state index in [2.05, 4.69) is 172 Å². The number of hydrogen-bond acceptors (Lipinski definition) is 2. The molecule has 0 radical (unpaired) electrons. The molecule has 0 aliphatic heterocycles. The number of furan rings is 1. The van der Waals surface area contributed by atoms with E-state index in [1.165, 1.54) is 39.1 Å². The molecule has 0 unspecified atom stereocenters. The molecule has 8 aromatic rings. The van der Waals surface area contributed by atoms with Crippen LogP contribution in [0.5, 0.6) is 0 Å². The summed E-state index contributed by atoms with van der Waals surface area (Å²) in [6, 6.07) is 49.7. The van der Waals surface area contributed by atoms with Gasteiger partial charge in [-0.3, -0.25) is 4.57 Å². The Morgan fingerprint density at radius 2 is 1.04 bits per heavy atom. The Bertz CT molecular complexity index is 2350. The molecule has 3 heteroatoms. The van der Waals surface area contributed by atoms with E-state index in [1.807, 2.05) is 6.26 Å². The summed E-state index contributed by atoms with van der Waals surface area (Å²) in [5.41, 5.74) is 14.9. The number of benzene rings is 6. The lowest BCUT2D eigenvalue weighted by Crippen LogP contribution is -2.09. The van der Waals surface area contributed by atoms with Crippen LogP contribution in [0.1, 0.15) is 50.7 Å². The van der Waals surface area contributed by atoms with Crippen LogP contribution in [-0.4, -0.2) is 9.55 Å². The smallest absolute Gasteiger partial charge is 0.149 e. The Hall–Kier alpha value is -5.67. The van der Waals surface area contributed by atoms with Gasteiger partial charge in [-0.15, -0.1) is 0 Å². The number of hydrogen-bond donors (Lipinski definition) is 0. The van der Waals surface area contributed by atoms with Crippen LogP contribution in [0.3, 0.4) is 0 Å². The van der Waals surface area contributed by atoms with Crippen LogP contribution in [0.2, 0.25) is 0 Å². The van der Waals surface area contributed by atoms with E-state index in [-0.39, 0.29) is 0 Å². The van der Waals surface area contributed by atoms with Crippen LogP contribution in [0.25, 0.3) is 72.5 Å². The fourth-order valence-corrected chi connectivity index (χ4v) is 6.92. The molecule has 2 heterocycles. The van der Waals surface area contributed by atoms with Gasteiger partial charge in [-0.05, 0) is 92.7 Å². The van der Waals surface area contributed by atoms with Crippen LogP contribution >= 0.6 is 0 Å². The lowest BCUT2D eigenvalue weighted by Gasteiger charge is -2.24. The summed E-state index contributed by atoms with van der Waals surface area (Å²) >= 11 is 0. The highest BCUT2D eigenvalue weighted by atomic mass is 16.3. The number of nitrogens with zero attached hydrogens (tertiary/aromatic N) is 2. The highest BCUT2D eigenvalue weighted by Gasteiger charge is 2.25. The van der Waals surface area contributed by atoms with Gasteiger partial charge in [0.15, 0.2) is 0 Å². The summed E-state index contributed by atoms with van der Waals surface area (Å²) in [5.74, 6) is 1.48. The van der Waals surface area contributed by atoms with Gasteiger partial charge < -0.3 is 4.42 Å². The molecule has 3 nitrogen and oxygen atoms in total. The van der Waals surface area contributed by atoms with Crippen molar-refractivity contribution in [2.75, 3.05) is 0 Å². The van der Waals surface area contributed by atoms with Crippen LogP contribution in [-0.2, 0) is 0 Å². The average Bonchev–Trinajstić information content (AvgIpc) is 3.73. The minimum absolute atomic E-state index is 0.293. The molecule has 0 saturated carbocycles. The molecular weight excluding hydrogens is 585 g/mol. The second-order valence-corrected chi connectivity index (χ2v) is 13.2. The lowest BCUT2D eigenvalue weighted by molar-refractivity contribution is 0.616. The summed E-state index contributed by atoms with van der Waals surface area (Å²) in [4.78, 5) is 5.31. The molecule has 0 aliphatic rings. The molecule has 0 amide bonds. The van der Waals surface area contributed by atoms with Gasteiger partial charge in [0, 0.05) is 5.39 Å². The van der Waals surface area contributed by atoms with E-state index in [1.54, 1.807) is 0 Å². The van der Waals surface area contributed by atoms with Crippen molar-refractivity contribution in [2.24, 2.45) is 0 Å². The Labute approximate surface area is 282 Å². The SMILES string of the molecule is CC(C)c1cc(-c2ccccc2)cc(C(C)C)c1-n1c(-c2coc3ccc(-c4ccc(-c5ccccc5)cc4)cc23)nc2ccccc21. The number of imidazole rings is 1. The van der Waals surface area contributed by atoms with E-state index >= 15 is 0 Å². The monoisotopic (exact) mass is 622 g/mol. The maximum atomic E-state index is 6.24. The average molecular weight is 623 g/mol. The highest BCUT2D eigenvalue weighted by molar-refractivity contribution is 5.98. The van der Waals surface area contributed by atoms with Gasteiger partial charge in [0.1, 0.15) is 17.7 Å². The van der Waals surface area contributed by atoms with Gasteiger partial charge in [-0.2, -0.15) is 0 Å². The van der Waals surface area contributed by atoms with Gasteiger partial charge in [0.2, 0.25) is 0 Å². The number of para-hydroxylation sites is 2. The molecule has 8 rings (SSSR count). The van der Waals surface area contributed by atoms with E-state index in [0.29, 0.717) is 11.8 Å². The van der Waals surface area contributed by atoms with E-state index in [0.717, 1.165) is 44.5 Å². The summed E-state index contributed by atoms with van der Waals surface area (Å²) in [6.45, 7) is 9.16. The Morgan fingerprint density at radius 3 is 1.67 bits per heavy atom. The molecule has 0 aliphatic carbocycles. The lowest BCUT2D eigenvalue weighted by atomic mass is 9.88. The molecule has 2 aromatic heterocycles. The molecule has 0 fully saturated rings. The first-order valence-electron chi connectivity index (χ1n) is 16.8. The minimum atomic E-state index is 0.293. The molecule has 234 valence electrons. The maximum Gasteiger partial charge on any atom is 0.149 e. The van der Waals surface area contributed by atoms with E-state index in [9.17, 15) is 0 Å². The Morgan fingerprint density at radius 1 is 0.521 bits per heavy atom. The number of rotatable bonds is 7. The molecule has 0 atom stereocenters. The first-order chi connectivity index (χ1) is 23.5. The fourth-order valence-electron chi connectivity index (χ4n) is 6.92. The van der Waals surface area contributed by atoms with Gasteiger partial charge in [0.05, 0.1) is 22.3 Å². The topological polar surface area (TPSA) is 31.0 Å². The normalized spacial score (nSPS) is 11.7. The van der Waals surface area contributed by atoms with Crippen molar-refractivity contribution in [3.05, 3.63) is 157 Å². The summed E-state index contributed by atoms with van der Waals surface area (Å²) in [6.07, 6.45) is 1.88. The quantitative estimate of drug-likeness (QED) is 0.177. The predicted molar refractivity (Wildman–Crippen MR) is 201 cm³/mol. The van der Waals surface area contributed by atoms with Gasteiger partial charge in [-0.1, -0.05) is 131 Å². The second kappa shape index (κ2) is 12.2. The standard InChI is InChI=1S/C45H38N2O/c1-29(2)37-26-36(32-15-9-6-10-16-32)27-38(30(3)4)44(37)47-42-18-12-11-17-41(42)46-45(47)40-28-48-43-24-23-35(25-39(40)43)34-21-19-33(20-22-34)31-13-7-5-8-14-31/h5-30H,1-4H3. The third-order valence-electron chi connectivity index (χ3n) is 9.44. The summed E-state index contributed by atoms with van der Waals surface area (Å²) in [5, 5.41) is 1.05. The molecule has 6 aromatic carbocycles. The zero-order valence-electron chi connectivity index (χ0n) is 27.8. The third-order valence-corrected chi connectivity index (χ3v) is 9.44. The molecular formula is C45H38N2O. The van der Waals surface area contributed by atoms with Crippen molar-refractivity contribution >= 4 is 22.0 Å².